The first-order valence-electron chi connectivity index (χ1n) is 8.28. The molecule has 0 saturated carbocycles. The van der Waals surface area contributed by atoms with E-state index in [9.17, 15) is 4.79 Å². The standard InChI is InChI=1S/C19H21N3O3/c1-24-16-7-4-15(5-8-16)6-9-19(23)22-12-2-3-17(14-22)25-18-13-20-10-11-21-18/h4-11,13,17H,2-3,12,14H2,1H3/b9-6+/t17-/m1/s1. The van der Waals surface area contributed by atoms with Gasteiger partial charge in [-0.2, -0.15) is 0 Å². The van der Waals surface area contributed by atoms with E-state index in [-0.39, 0.29) is 12.0 Å². The molecule has 3 rings (SSSR count). The number of aromatic nitrogens is 2. The van der Waals surface area contributed by atoms with Crippen molar-refractivity contribution in [1.82, 2.24) is 14.9 Å². The average Bonchev–Trinajstić information content (AvgIpc) is 2.67. The van der Waals surface area contributed by atoms with E-state index in [4.69, 9.17) is 9.47 Å². The maximum atomic E-state index is 12.4. The van der Waals surface area contributed by atoms with Crippen LogP contribution in [0, 0.1) is 0 Å². The summed E-state index contributed by atoms with van der Waals surface area (Å²) in [5, 5.41) is 0. The number of rotatable bonds is 5. The molecule has 25 heavy (non-hydrogen) atoms. The highest BCUT2D eigenvalue weighted by molar-refractivity contribution is 5.91. The van der Waals surface area contributed by atoms with Crippen LogP contribution in [0.1, 0.15) is 18.4 Å². The second-order valence-corrected chi connectivity index (χ2v) is 5.82. The van der Waals surface area contributed by atoms with Crippen molar-refractivity contribution in [2.75, 3.05) is 20.2 Å². The number of methoxy groups -OCH3 is 1. The lowest BCUT2D eigenvalue weighted by Crippen LogP contribution is -2.43. The average molecular weight is 339 g/mol. The molecule has 1 amide bonds. The molecule has 1 aliphatic rings. The highest BCUT2D eigenvalue weighted by Gasteiger charge is 2.24. The number of likely N-dealkylation sites (tertiary alicyclic amines) is 1. The molecule has 130 valence electrons. The summed E-state index contributed by atoms with van der Waals surface area (Å²) in [6.45, 7) is 1.30. The minimum atomic E-state index is -0.0520. The van der Waals surface area contributed by atoms with Crippen molar-refractivity contribution < 1.29 is 14.3 Å². The van der Waals surface area contributed by atoms with E-state index in [0.717, 1.165) is 30.7 Å². The Balaban J connectivity index is 1.56. The highest BCUT2D eigenvalue weighted by atomic mass is 16.5. The van der Waals surface area contributed by atoms with Crippen molar-refractivity contribution in [3.05, 3.63) is 54.5 Å². The highest BCUT2D eigenvalue weighted by Crippen LogP contribution is 2.17. The molecule has 0 aliphatic carbocycles. The van der Waals surface area contributed by atoms with Crippen LogP contribution in [0.15, 0.2) is 48.9 Å². The SMILES string of the molecule is COc1ccc(/C=C/C(=O)N2CCC[C@@H](Oc3cnccn3)C2)cc1. The molecule has 6 nitrogen and oxygen atoms in total. The Morgan fingerprint density at radius 1 is 1.28 bits per heavy atom. The maximum absolute atomic E-state index is 12.4. The Labute approximate surface area is 147 Å². The number of hydrogen-bond donors (Lipinski definition) is 0. The summed E-state index contributed by atoms with van der Waals surface area (Å²) in [6, 6.07) is 7.57. The number of amides is 1. The largest absolute Gasteiger partial charge is 0.497 e. The predicted octanol–water partition coefficient (Wildman–Crippen LogP) is 2.57. The van der Waals surface area contributed by atoms with Crippen LogP contribution in [0.2, 0.25) is 0 Å². The van der Waals surface area contributed by atoms with Gasteiger partial charge in [-0.1, -0.05) is 12.1 Å². The van der Waals surface area contributed by atoms with Gasteiger partial charge in [0.1, 0.15) is 11.9 Å². The molecular formula is C19H21N3O3. The topological polar surface area (TPSA) is 64.5 Å². The van der Waals surface area contributed by atoms with Crippen LogP contribution in [0.3, 0.4) is 0 Å². The molecule has 0 unspecified atom stereocenters. The first-order chi connectivity index (χ1) is 12.2. The summed E-state index contributed by atoms with van der Waals surface area (Å²) in [6.07, 6.45) is 9.97. The van der Waals surface area contributed by atoms with Crippen molar-refractivity contribution in [2.45, 2.75) is 18.9 Å². The zero-order valence-corrected chi connectivity index (χ0v) is 14.2. The third-order valence-electron chi connectivity index (χ3n) is 4.05. The van der Waals surface area contributed by atoms with E-state index in [1.165, 1.54) is 0 Å². The molecule has 1 aliphatic heterocycles. The van der Waals surface area contributed by atoms with Crippen molar-refractivity contribution >= 4 is 12.0 Å². The number of benzene rings is 1. The Kier molecular flexibility index (Phi) is 5.61. The van der Waals surface area contributed by atoms with Crippen LogP contribution < -0.4 is 9.47 Å². The van der Waals surface area contributed by atoms with Crippen molar-refractivity contribution in [2.24, 2.45) is 0 Å². The van der Waals surface area contributed by atoms with Crippen molar-refractivity contribution in [3.8, 4) is 11.6 Å². The second-order valence-electron chi connectivity index (χ2n) is 5.82. The van der Waals surface area contributed by atoms with Crippen LogP contribution in [-0.4, -0.2) is 47.1 Å². The number of carbonyl (C=O) groups is 1. The monoisotopic (exact) mass is 339 g/mol. The Hall–Kier alpha value is -2.89. The third kappa shape index (κ3) is 4.79. The van der Waals surface area contributed by atoms with Gasteiger partial charge in [0.05, 0.1) is 19.9 Å². The summed E-state index contributed by atoms with van der Waals surface area (Å²) in [4.78, 5) is 22.3. The van der Waals surface area contributed by atoms with Crippen LogP contribution in [0.5, 0.6) is 11.6 Å². The zero-order chi connectivity index (χ0) is 17.5. The first kappa shape index (κ1) is 17.0. The number of hydrogen-bond acceptors (Lipinski definition) is 5. The van der Waals surface area contributed by atoms with Crippen LogP contribution >= 0.6 is 0 Å². The normalized spacial score (nSPS) is 17.5. The van der Waals surface area contributed by atoms with Gasteiger partial charge in [-0.05, 0) is 36.6 Å². The second kappa shape index (κ2) is 8.28. The summed E-state index contributed by atoms with van der Waals surface area (Å²) < 4.78 is 10.9. The fourth-order valence-corrected chi connectivity index (χ4v) is 2.74. The number of carbonyl (C=O) groups excluding carboxylic acids is 1. The lowest BCUT2D eigenvalue weighted by molar-refractivity contribution is -0.128. The number of nitrogens with zero attached hydrogens (tertiary/aromatic N) is 3. The molecule has 1 atom stereocenters. The maximum Gasteiger partial charge on any atom is 0.246 e. The summed E-state index contributed by atoms with van der Waals surface area (Å²) in [5.41, 5.74) is 0.957. The molecule has 1 saturated heterocycles. The van der Waals surface area contributed by atoms with E-state index in [1.54, 1.807) is 31.8 Å². The van der Waals surface area contributed by atoms with Gasteiger partial charge < -0.3 is 14.4 Å². The van der Waals surface area contributed by atoms with E-state index in [1.807, 2.05) is 35.2 Å². The summed E-state index contributed by atoms with van der Waals surface area (Å²) in [5.74, 6) is 1.28. The lowest BCUT2D eigenvalue weighted by Gasteiger charge is -2.31. The van der Waals surface area contributed by atoms with E-state index < -0.39 is 0 Å². The zero-order valence-electron chi connectivity index (χ0n) is 14.2. The molecule has 0 spiro atoms. The first-order valence-corrected chi connectivity index (χ1v) is 8.28. The van der Waals surface area contributed by atoms with Crippen molar-refractivity contribution in [3.63, 3.8) is 0 Å². The fraction of sp³-hybridized carbons (Fsp3) is 0.316. The molecule has 0 radical (unpaired) electrons. The fourth-order valence-electron chi connectivity index (χ4n) is 2.74. The molecule has 1 fully saturated rings. The minimum Gasteiger partial charge on any atom is -0.497 e. The van der Waals surface area contributed by atoms with Gasteiger partial charge in [0.15, 0.2) is 0 Å². The summed E-state index contributed by atoms with van der Waals surface area (Å²) >= 11 is 0. The molecular weight excluding hydrogens is 318 g/mol. The van der Waals surface area contributed by atoms with Gasteiger partial charge in [-0.25, -0.2) is 4.98 Å². The smallest absolute Gasteiger partial charge is 0.246 e. The van der Waals surface area contributed by atoms with Gasteiger partial charge in [-0.15, -0.1) is 0 Å². The van der Waals surface area contributed by atoms with E-state index in [0.29, 0.717) is 12.4 Å². The van der Waals surface area contributed by atoms with E-state index in [2.05, 4.69) is 9.97 Å². The van der Waals surface area contributed by atoms with Crippen LogP contribution in [0.4, 0.5) is 0 Å². The van der Waals surface area contributed by atoms with Gasteiger partial charge in [0.25, 0.3) is 0 Å². The lowest BCUT2D eigenvalue weighted by atomic mass is 10.1. The molecule has 1 aromatic heterocycles. The number of piperidine rings is 1. The van der Waals surface area contributed by atoms with Crippen molar-refractivity contribution in [1.29, 1.82) is 0 Å². The molecule has 0 N–H and O–H groups in total. The Morgan fingerprint density at radius 3 is 2.84 bits per heavy atom. The van der Waals surface area contributed by atoms with Gasteiger partial charge in [0, 0.05) is 25.0 Å². The van der Waals surface area contributed by atoms with Crippen LogP contribution in [0.25, 0.3) is 6.08 Å². The quantitative estimate of drug-likeness (QED) is 0.784. The summed E-state index contributed by atoms with van der Waals surface area (Å²) in [7, 11) is 1.63. The van der Waals surface area contributed by atoms with E-state index >= 15 is 0 Å². The molecule has 6 heteroatoms. The van der Waals surface area contributed by atoms with Crippen LogP contribution in [-0.2, 0) is 4.79 Å². The minimum absolute atomic E-state index is 0.0109. The predicted molar refractivity (Wildman–Crippen MR) is 94.3 cm³/mol. The van der Waals surface area contributed by atoms with Gasteiger partial charge in [0.2, 0.25) is 11.8 Å². The third-order valence-corrected chi connectivity index (χ3v) is 4.05. The van der Waals surface area contributed by atoms with Gasteiger partial charge >= 0.3 is 0 Å². The number of ether oxygens (including phenoxy) is 2. The Bertz CT molecular complexity index is 716. The molecule has 1 aromatic carbocycles. The van der Waals surface area contributed by atoms with Gasteiger partial charge in [-0.3, -0.25) is 9.78 Å². The molecule has 0 bridgehead atoms. The molecule has 2 heterocycles. The molecule has 2 aromatic rings. The Morgan fingerprint density at radius 2 is 2.12 bits per heavy atom.